The summed E-state index contributed by atoms with van der Waals surface area (Å²) in [6.07, 6.45) is -0.567. The smallest absolute Gasteiger partial charge is 0.119 e. The number of aliphatic hydroxyl groups is 1. The fraction of sp³-hybridized carbons (Fsp3) is 0.286. The lowest BCUT2D eigenvalue weighted by Crippen LogP contribution is -2.19. The van der Waals surface area contributed by atoms with Crippen LogP contribution in [0.2, 0.25) is 0 Å². The van der Waals surface area contributed by atoms with Crippen molar-refractivity contribution in [2.45, 2.75) is 12.0 Å². The van der Waals surface area contributed by atoms with Crippen LogP contribution >= 0.6 is 11.3 Å². The molecule has 96 valence electrons. The predicted octanol–water partition coefficient (Wildman–Crippen LogP) is 2.53. The molecule has 0 aliphatic rings. The summed E-state index contributed by atoms with van der Waals surface area (Å²) in [6, 6.07) is 11.6. The van der Waals surface area contributed by atoms with Gasteiger partial charge in [0, 0.05) is 17.3 Å². The summed E-state index contributed by atoms with van der Waals surface area (Å²) in [7, 11) is 1.63. The Morgan fingerprint density at radius 1 is 1.33 bits per heavy atom. The zero-order valence-electron chi connectivity index (χ0n) is 10.2. The summed E-state index contributed by atoms with van der Waals surface area (Å²) in [4.78, 5) is 0.938. The molecular formula is C14H17NO2S. The van der Waals surface area contributed by atoms with E-state index in [0.29, 0.717) is 6.54 Å². The van der Waals surface area contributed by atoms with Crippen molar-refractivity contribution in [1.82, 2.24) is 0 Å². The maximum atomic E-state index is 10.4. The van der Waals surface area contributed by atoms with Gasteiger partial charge in [0.1, 0.15) is 5.75 Å². The highest BCUT2D eigenvalue weighted by atomic mass is 32.1. The zero-order valence-corrected chi connectivity index (χ0v) is 11.1. The van der Waals surface area contributed by atoms with Crippen molar-refractivity contribution in [1.29, 1.82) is 0 Å². The summed E-state index contributed by atoms with van der Waals surface area (Å²) in [5.41, 5.74) is 6.81. The lowest BCUT2D eigenvalue weighted by Gasteiger charge is -2.21. The fourth-order valence-corrected chi connectivity index (χ4v) is 2.75. The molecule has 2 unspecified atom stereocenters. The first-order valence-electron chi connectivity index (χ1n) is 5.81. The number of hydrogen-bond acceptors (Lipinski definition) is 4. The summed E-state index contributed by atoms with van der Waals surface area (Å²) in [5, 5.41) is 12.3. The minimum absolute atomic E-state index is 0.112. The molecule has 1 aromatic heterocycles. The Bertz CT molecular complexity index is 484. The fourth-order valence-electron chi connectivity index (χ4n) is 1.98. The molecule has 2 atom stereocenters. The van der Waals surface area contributed by atoms with Crippen LogP contribution in [0.25, 0.3) is 0 Å². The second kappa shape index (κ2) is 6.00. The molecule has 18 heavy (non-hydrogen) atoms. The minimum Gasteiger partial charge on any atom is -0.497 e. The summed E-state index contributed by atoms with van der Waals surface area (Å²) in [5.74, 6) is 0.670. The van der Waals surface area contributed by atoms with E-state index in [1.807, 2.05) is 41.8 Å². The largest absolute Gasteiger partial charge is 0.497 e. The van der Waals surface area contributed by atoms with Crippen LogP contribution in [0.15, 0.2) is 41.8 Å². The molecule has 0 aliphatic carbocycles. The molecule has 0 aliphatic heterocycles. The van der Waals surface area contributed by atoms with E-state index in [-0.39, 0.29) is 5.92 Å². The lowest BCUT2D eigenvalue weighted by molar-refractivity contribution is 0.151. The topological polar surface area (TPSA) is 55.5 Å². The van der Waals surface area contributed by atoms with E-state index in [1.54, 1.807) is 18.4 Å². The second-order valence-electron chi connectivity index (χ2n) is 4.08. The number of rotatable bonds is 5. The number of thiophene rings is 1. The third kappa shape index (κ3) is 2.72. The van der Waals surface area contributed by atoms with Gasteiger partial charge in [-0.2, -0.15) is 0 Å². The third-order valence-electron chi connectivity index (χ3n) is 2.99. The minimum atomic E-state index is -0.567. The van der Waals surface area contributed by atoms with E-state index in [1.165, 1.54) is 0 Å². The van der Waals surface area contributed by atoms with E-state index >= 15 is 0 Å². The summed E-state index contributed by atoms with van der Waals surface area (Å²) < 4.78 is 5.20. The highest BCUT2D eigenvalue weighted by molar-refractivity contribution is 7.10. The first kappa shape index (κ1) is 13.1. The molecule has 1 aromatic carbocycles. The van der Waals surface area contributed by atoms with Gasteiger partial charge in [-0.25, -0.2) is 0 Å². The standard InChI is InChI=1S/C14H17NO2S/c1-17-11-5-2-4-10(8-11)12(9-15)14(16)13-6-3-7-18-13/h2-8,12,14,16H,9,15H2,1H3. The Balaban J connectivity index is 2.27. The van der Waals surface area contributed by atoms with Gasteiger partial charge in [-0.15, -0.1) is 11.3 Å². The zero-order chi connectivity index (χ0) is 13.0. The molecule has 0 saturated carbocycles. The molecule has 0 fully saturated rings. The van der Waals surface area contributed by atoms with Gasteiger partial charge in [0.15, 0.2) is 0 Å². The molecule has 4 heteroatoms. The van der Waals surface area contributed by atoms with Gasteiger partial charge in [0.05, 0.1) is 13.2 Å². The SMILES string of the molecule is COc1cccc(C(CN)C(O)c2cccs2)c1. The van der Waals surface area contributed by atoms with Crippen LogP contribution in [0, 0.1) is 0 Å². The maximum absolute atomic E-state index is 10.4. The average molecular weight is 263 g/mol. The number of hydrogen-bond donors (Lipinski definition) is 2. The van der Waals surface area contributed by atoms with Crippen LogP contribution in [0.4, 0.5) is 0 Å². The van der Waals surface area contributed by atoms with E-state index in [4.69, 9.17) is 10.5 Å². The maximum Gasteiger partial charge on any atom is 0.119 e. The molecular weight excluding hydrogens is 246 g/mol. The molecule has 0 saturated heterocycles. The molecule has 0 spiro atoms. The van der Waals surface area contributed by atoms with Crippen molar-refractivity contribution in [2.24, 2.45) is 5.73 Å². The van der Waals surface area contributed by atoms with E-state index in [9.17, 15) is 5.11 Å². The number of benzene rings is 1. The summed E-state index contributed by atoms with van der Waals surface area (Å²) in [6.45, 7) is 0.395. The van der Waals surface area contributed by atoms with Gasteiger partial charge in [0.2, 0.25) is 0 Å². The van der Waals surface area contributed by atoms with Gasteiger partial charge < -0.3 is 15.6 Å². The highest BCUT2D eigenvalue weighted by Gasteiger charge is 2.22. The molecule has 2 aromatic rings. The first-order chi connectivity index (χ1) is 8.76. The molecule has 0 radical (unpaired) electrons. The van der Waals surface area contributed by atoms with Gasteiger partial charge in [0.25, 0.3) is 0 Å². The van der Waals surface area contributed by atoms with Crippen LogP contribution < -0.4 is 10.5 Å². The Labute approximate surface area is 111 Å². The molecule has 3 N–H and O–H groups in total. The first-order valence-corrected chi connectivity index (χ1v) is 6.69. The average Bonchev–Trinajstić information content (AvgIpc) is 2.93. The van der Waals surface area contributed by atoms with Gasteiger partial charge in [-0.05, 0) is 29.1 Å². The monoisotopic (exact) mass is 263 g/mol. The quantitative estimate of drug-likeness (QED) is 0.871. The third-order valence-corrected chi connectivity index (χ3v) is 3.93. The van der Waals surface area contributed by atoms with Crippen molar-refractivity contribution in [2.75, 3.05) is 13.7 Å². The second-order valence-corrected chi connectivity index (χ2v) is 5.06. The Kier molecular flexibility index (Phi) is 4.36. The number of methoxy groups -OCH3 is 1. The normalized spacial score (nSPS) is 14.2. The highest BCUT2D eigenvalue weighted by Crippen LogP contribution is 2.33. The van der Waals surface area contributed by atoms with Gasteiger partial charge in [-0.3, -0.25) is 0 Å². The number of nitrogens with two attached hydrogens (primary N) is 1. The summed E-state index contributed by atoms with van der Waals surface area (Å²) >= 11 is 1.54. The van der Waals surface area contributed by atoms with Crippen molar-refractivity contribution in [3.05, 3.63) is 52.2 Å². The number of ether oxygens (including phenoxy) is 1. The molecule has 1 heterocycles. The van der Waals surface area contributed by atoms with Crippen molar-refractivity contribution >= 4 is 11.3 Å². The lowest BCUT2D eigenvalue weighted by atomic mass is 9.92. The molecule has 2 rings (SSSR count). The van der Waals surface area contributed by atoms with Gasteiger partial charge in [-0.1, -0.05) is 18.2 Å². The Morgan fingerprint density at radius 3 is 2.78 bits per heavy atom. The molecule has 3 nitrogen and oxygen atoms in total. The van der Waals surface area contributed by atoms with Crippen LogP contribution in [0.5, 0.6) is 5.75 Å². The molecule has 0 bridgehead atoms. The van der Waals surface area contributed by atoms with Crippen LogP contribution in [-0.2, 0) is 0 Å². The Morgan fingerprint density at radius 2 is 2.17 bits per heavy atom. The van der Waals surface area contributed by atoms with Crippen molar-refractivity contribution in [3.63, 3.8) is 0 Å². The Hall–Kier alpha value is -1.36. The van der Waals surface area contributed by atoms with Crippen LogP contribution in [0.1, 0.15) is 22.5 Å². The predicted molar refractivity (Wildman–Crippen MR) is 74.1 cm³/mol. The van der Waals surface area contributed by atoms with Gasteiger partial charge >= 0.3 is 0 Å². The van der Waals surface area contributed by atoms with E-state index in [2.05, 4.69) is 0 Å². The van der Waals surface area contributed by atoms with E-state index in [0.717, 1.165) is 16.2 Å². The van der Waals surface area contributed by atoms with Crippen LogP contribution in [-0.4, -0.2) is 18.8 Å². The van der Waals surface area contributed by atoms with E-state index < -0.39 is 6.10 Å². The number of aliphatic hydroxyl groups excluding tert-OH is 1. The van der Waals surface area contributed by atoms with Crippen LogP contribution in [0.3, 0.4) is 0 Å². The van der Waals surface area contributed by atoms with Crippen molar-refractivity contribution in [3.8, 4) is 5.75 Å². The van der Waals surface area contributed by atoms with Crippen molar-refractivity contribution < 1.29 is 9.84 Å². The molecule has 0 amide bonds.